The number of aliphatic hydroxyl groups is 1. The quantitative estimate of drug-likeness (QED) is 0.405. The highest BCUT2D eigenvalue weighted by molar-refractivity contribution is 5.95. The van der Waals surface area contributed by atoms with Crippen molar-refractivity contribution in [2.24, 2.45) is 28.6 Å². The minimum absolute atomic E-state index is 0.00953. The Hall–Kier alpha value is -2.88. The SMILES string of the molecule is C[C@]12CCC(=O)C=C1CC[C@@H]1[C@H]2C(=O)C[C@@]2(C)[C@H]1CC[C@]2(O)C(=O)COC(=O)CCC(=O)NCC(=O)O. The van der Waals surface area contributed by atoms with E-state index in [4.69, 9.17) is 9.84 Å². The number of hydrogen-bond donors (Lipinski definition) is 3. The zero-order chi connectivity index (χ0) is 27.2. The molecule has 37 heavy (non-hydrogen) atoms. The van der Waals surface area contributed by atoms with E-state index >= 15 is 0 Å². The molecule has 0 spiro atoms. The molecule has 4 aliphatic carbocycles. The third-order valence-corrected chi connectivity index (χ3v) is 9.63. The van der Waals surface area contributed by atoms with Gasteiger partial charge in [-0.3, -0.25) is 28.8 Å². The van der Waals surface area contributed by atoms with Crippen molar-refractivity contribution in [1.29, 1.82) is 0 Å². The highest BCUT2D eigenvalue weighted by Crippen LogP contribution is 2.66. The van der Waals surface area contributed by atoms with Gasteiger partial charge in [0.1, 0.15) is 17.9 Å². The molecule has 4 rings (SSSR count). The topological polar surface area (TPSA) is 164 Å². The first-order valence-corrected chi connectivity index (χ1v) is 13.0. The van der Waals surface area contributed by atoms with Gasteiger partial charge in [-0.15, -0.1) is 0 Å². The van der Waals surface area contributed by atoms with Crippen LogP contribution in [0.1, 0.15) is 71.6 Å². The van der Waals surface area contributed by atoms with Crippen LogP contribution in [0, 0.1) is 28.6 Å². The van der Waals surface area contributed by atoms with E-state index in [2.05, 4.69) is 12.2 Å². The highest BCUT2D eigenvalue weighted by atomic mass is 16.5. The summed E-state index contributed by atoms with van der Waals surface area (Å²) >= 11 is 0. The normalized spacial score (nSPS) is 36.5. The Labute approximate surface area is 215 Å². The fourth-order valence-electron chi connectivity index (χ4n) is 7.66. The molecule has 6 atom stereocenters. The van der Waals surface area contributed by atoms with Crippen molar-refractivity contribution in [3.63, 3.8) is 0 Å². The molecule has 3 saturated carbocycles. The average molecular weight is 518 g/mol. The summed E-state index contributed by atoms with van der Waals surface area (Å²) in [5, 5.41) is 22.3. The van der Waals surface area contributed by atoms with Crippen molar-refractivity contribution in [1.82, 2.24) is 5.32 Å². The Morgan fingerprint density at radius 2 is 1.81 bits per heavy atom. The van der Waals surface area contributed by atoms with Gasteiger partial charge in [0.25, 0.3) is 0 Å². The maximum Gasteiger partial charge on any atom is 0.322 e. The molecule has 0 saturated heterocycles. The standard InChI is InChI=1S/C27H35NO9/c1-25-9-7-16(29)11-15(25)3-4-17-18-8-10-27(36,26(18,2)12-19(30)24(17)25)20(31)14-37-23(35)6-5-21(32)28-13-22(33)34/h11,17-18,24,36H,3-10,12-14H2,1-2H3,(H,28,32)(H,33,34)/t17-,18-,24-,25-,26-,27-/m0/s1. The fraction of sp³-hybridized carbons (Fsp3) is 0.704. The van der Waals surface area contributed by atoms with Crippen LogP contribution in [0.3, 0.4) is 0 Å². The third-order valence-electron chi connectivity index (χ3n) is 9.63. The Morgan fingerprint density at radius 3 is 2.51 bits per heavy atom. The van der Waals surface area contributed by atoms with Crippen molar-refractivity contribution >= 4 is 35.2 Å². The fourth-order valence-corrected chi connectivity index (χ4v) is 7.66. The van der Waals surface area contributed by atoms with Gasteiger partial charge in [0.2, 0.25) is 11.7 Å². The van der Waals surface area contributed by atoms with Crippen LogP contribution in [0.2, 0.25) is 0 Å². The molecule has 0 aromatic rings. The Bertz CT molecular complexity index is 1080. The second kappa shape index (κ2) is 9.78. The number of carbonyl (C=O) groups excluding carboxylic acids is 5. The van der Waals surface area contributed by atoms with Gasteiger partial charge in [0.15, 0.2) is 12.4 Å². The van der Waals surface area contributed by atoms with Gasteiger partial charge >= 0.3 is 11.9 Å². The lowest BCUT2D eigenvalue weighted by Gasteiger charge is -2.57. The minimum Gasteiger partial charge on any atom is -0.480 e. The summed E-state index contributed by atoms with van der Waals surface area (Å²) in [6.07, 6.45) is 4.43. The second-order valence-electron chi connectivity index (χ2n) is 11.6. The van der Waals surface area contributed by atoms with Gasteiger partial charge in [-0.1, -0.05) is 19.4 Å². The molecule has 202 valence electrons. The van der Waals surface area contributed by atoms with Crippen LogP contribution in [0.5, 0.6) is 0 Å². The van der Waals surface area contributed by atoms with Crippen LogP contribution < -0.4 is 5.32 Å². The number of allylic oxidation sites excluding steroid dienone is 1. The van der Waals surface area contributed by atoms with Gasteiger partial charge in [0.05, 0.1) is 6.42 Å². The van der Waals surface area contributed by atoms with E-state index in [-0.39, 0.29) is 60.4 Å². The summed E-state index contributed by atoms with van der Waals surface area (Å²) in [6.45, 7) is 2.65. The van der Waals surface area contributed by atoms with E-state index in [1.807, 2.05) is 0 Å². The third kappa shape index (κ3) is 4.64. The van der Waals surface area contributed by atoms with E-state index in [9.17, 15) is 33.9 Å². The maximum atomic E-state index is 13.6. The molecule has 0 aliphatic heterocycles. The zero-order valence-electron chi connectivity index (χ0n) is 21.3. The van der Waals surface area contributed by atoms with Crippen LogP contribution in [-0.4, -0.2) is 64.2 Å². The van der Waals surface area contributed by atoms with Crippen molar-refractivity contribution in [3.05, 3.63) is 11.6 Å². The molecule has 10 nitrogen and oxygen atoms in total. The largest absolute Gasteiger partial charge is 0.480 e. The lowest BCUT2D eigenvalue weighted by Crippen LogP contribution is -2.61. The van der Waals surface area contributed by atoms with Crippen molar-refractivity contribution in [2.45, 2.75) is 77.2 Å². The number of fused-ring (bicyclic) bond motifs is 5. The van der Waals surface area contributed by atoms with Gasteiger partial charge in [-0.25, -0.2) is 0 Å². The van der Waals surface area contributed by atoms with Crippen LogP contribution in [0.15, 0.2) is 11.6 Å². The molecule has 10 heteroatoms. The Balaban J connectivity index is 1.42. The summed E-state index contributed by atoms with van der Waals surface area (Å²) in [5.74, 6) is -3.46. The highest BCUT2D eigenvalue weighted by Gasteiger charge is 2.68. The number of nitrogens with one attached hydrogen (secondary N) is 1. The number of amides is 1. The van der Waals surface area contributed by atoms with Crippen LogP contribution >= 0.6 is 0 Å². The summed E-state index contributed by atoms with van der Waals surface area (Å²) in [4.78, 5) is 73.0. The molecule has 0 heterocycles. The molecule has 4 aliphatic rings. The number of carbonyl (C=O) groups is 6. The summed E-state index contributed by atoms with van der Waals surface area (Å²) in [7, 11) is 0. The number of ketones is 3. The van der Waals surface area contributed by atoms with Crippen molar-refractivity contribution < 1.29 is 43.7 Å². The molecule has 3 N–H and O–H groups in total. The molecular weight excluding hydrogens is 482 g/mol. The number of carboxylic acid groups (broad SMARTS) is 1. The van der Waals surface area contributed by atoms with Gasteiger partial charge < -0.3 is 20.3 Å². The number of Topliss-reactive ketones (excluding diaryl/α,β-unsaturated/α-hetero) is 2. The minimum atomic E-state index is -1.81. The first-order chi connectivity index (χ1) is 17.3. The second-order valence-corrected chi connectivity index (χ2v) is 11.6. The van der Waals surface area contributed by atoms with Crippen molar-refractivity contribution in [2.75, 3.05) is 13.2 Å². The maximum absolute atomic E-state index is 13.6. The van der Waals surface area contributed by atoms with E-state index < -0.39 is 47.8 Å². The number of carboxylic acids is 1. The predicted octanol–water partition coefficient (Wildman–Crippen LogP) is 1.52. The first-order valence-electron chi connectivity index (χ1n) is 13.0. The molecule has 0 aromatic carbocycles. The molecule has 0 bridgehead atoms. The molecule has 3 fully saturated rings. The van der Waals surface area contributed by atoms with Gasteiger partial charge in [-0.2, -0.15) is 0 Å². The van der Waals surface area contributed by atoms with Gasteiger partial charge in [0, 0.05) is 30.6 Å². The summed E-state index contributed by atoms with van der Waals surface area (Å²) in [5.41, 5.74) is -2.11. The summed E-state index contributed by atoms with van der Waals surface area (Å²) in [6, 6.07) is 0. The molecule has 0 aromatic heterocycles. The molecule has 0 radical (unpaired) electrons. The first kappa shape index (κ1) is 27.2. The number of aliphatic carboxylic acids is 1. The number of rotatable bonds is 8. The van der Waals surface area contributed by atoms with E-state index in [0.717, 1.165) is 18.4 Å². The van der Waals surface area contributed by atoms with Gasteiger partial charge in [-0.05, 0) is 55.4 Å². The predicted molar refractivity (Wildman–Crippen MR) is 128 cm³/mol. The van der Waals surface area contributed by atoms with E-state index in [1.54, 1.807) is 13.0 Å². The molecule has 1 amide bonds. The zero-order valence-corrected chi connectivity index (χ0v) is 21.3. The number of ether oxygens (including phenoxy) is 1. The van der Waals surface area contributed by atoms with Crippen LogP contribution in [0.4, 0.5) is 0 Å². The lowest BCUT2D eigenvalue weighted by atomic mass is 9.46. The van der Waals surface area contributed by atoms with Crippen LogP contribution in [0.25, 0.3) is 0 Å². The monoisotopic (exact) mass is 517 g/mol. The molecule has 0 unspecified atom stereocenters. The summed E-state index contributed by atoms with van der Waals surface area (Å²) < 4.78 is 5.04. The molecular formula is C27H35NO9. The lowest BCUT2D eigenvalue weighted by molar-refractivity contribution is -0.173. The van der Waals surface area contributed by atoms with E-state index in [0.29, 0.717) is 19.3 Å². The smallest absolute Gasteiger partial charge is 0.322 e. The number of hydrogen-bond acceptors (Lipinski definition) is 8. The number of esters is 1. The van der Waals surface area contributed by atoms with Crippen LogP contribution in [-0.2, 0) is 33.5 Å². The van der Waals surface area contributed by atoms with E-state index in [1.165, 1.54) is 0 Å². The Kier molecular flexibility index (Phi) is 7.18. The Morgan fingerprint density at radius 1 is 1.08 bits per heavy atom. The van der Waals surface area contributed by atoms with Crippen molar-refractivity contribution in [3.8, 4) is 0 Å². The average Bonchev–Trinajstić information content (AvgIpc) is 3.11.